The predicted octanol–water partition coefficient (Wildman–Crippen LogP) is 3.17. The highest BCUT2D eigenvalue weighted by atomic mass is 35.5. The summed E-state index contributed by atoms with van der Waals surface area (Å²) in [7, 11) is 0. The first-order valence-corrected chi connectivity index (χ1v) is 7.05. The van der Waals surface area contributed by atoms with Crippen LogP contribution in [0.4, 0.5) is 5.82 Å². The number of rotatable bonds is 2. The SMILES string of the molecule is CC(C)c1nc(-c2ccc(Cl)c3cccnc23)c(N)n1N. The maximum absolute atomic E-state index is 6.22. The van der Waals surface area contributed by atoms with Crippen molar-refractivity contribution in [2.45, 2.75) is 19.8 Å². The van der Waals surface area contributed by atoms with Crippen LogP contribution in [0.3, 0.4) is 0 Å². The quantitative estimate of drug-likeness (QED) is 0.712. The summed E-state index contributed by atoms with van der Waals surface area (Å²) < 4.78 is 1.43. The minimum Gasteiger partial charge on any atom is -0.382 e. The van der Waals surface area contributed by atoms with Gasteiger partial charge in [0.1, 0.15) is 11.5 Å². The molecule has 0 aliphatic heterocycles. The molecule has 0 amide bonds. The van der Waals surface area contributed by atoms with E-state index in [9.17, 15) is 0 Å². The fraction of sp³-hybridized carbons (Fsp3) is 0.200. The molecule has 0 spiro atoms. The van der Waals surface area contributed by atoms with Crippen LogP contribution in [0.5, 0.6) is 0 Å². The third-order valence-corrected chi connectivity index (χ3v) is 3.79. The van der Waals surface area contributed by atoms with Crippen molar-refractivity contribution in [2.75, 3.05) is 11.6 Å². The standard InChI is InChI=1S/C15H16ClN5/c1-8(2)15-20-13(14(17)21(15)18)10-5-6-11(16)9-4-3-7-19-12(9)10/h3-8H,17-18H2,1-2H3. The highest BCUT2D eigenvalue weighted by Gasteiger charge is 2.19. The van der Waals surface area contributed by atoms with Crippen LogP contribution in [-0.4, -0.2) is 14.6 Å². The van der Waals surface area contributed by atoms with Crippen molar-refractivity contribution in [3.63, 3.8) is 0 Å². The smallest absolute Gasteiger partial charge is 0.150 e. The van der Waals surface area contributed by atoms with Crippen LogP contribution in [0.2, 0.25) is 5.02 Å². The van der Waals surface area contributed by atoms with Gasteiger partial charge in [-0.3, -0.25) is 4.98 Å². The van der Waals surface area contributed by atoms with Crippen molar-refractivity contribution in [1.29, 1.82) is 0 Å². The van der Waals surface area contributed by atoms with Crippen LogP contribution in [0, 0.1) is 0 Å². The van der Waals surface area contributed by atoms with E-state index in [1.807, 2.05) is 38.1 Å². The molecule has 2 heterocycles. The first-order chi connectivity index (χ1) is 10.0. The Morgan fingerprint density at radius 1 is 1.24 bits per heavy atom. The zero-order valence-corrected chi connectivity index (χ0v) is 12.6. The first kappa shape index (κ1) is 13.7. The number of fused-ring (bicyclic) bond motifs is 1. The van der Waals surface area contributed by atoms with Gasteiger partial charge in [-0.05, 0) is 24.3 Å². The molecule has 1 aromatic carbocycles. The van der Waals surface area contributed by atoms with Crippen molar-refractivity contribution in [1.82, 2.24) is 14.6 Å². The number of halogens is 1. The van der Waals surface area contributed by atoms with Gasteiger partial charge in [-0.15, -0.1) is 0 Å². The summed E-state index contributed by atoms with van der Waals surface area (Å²) in [6, 6.07) is 7.47. The summed E-state index contributed by atoms with van der Waals surface area (Å²) >= 11 is 6.22. The summed E-state index contributed by atoms with van der Waals surface area (Å²) in [6.45, 7) is 4.04. The Morgan fingerprint density at radius 2 is 2.00 bits per heavy atom. The predicted molar refractivity (Wildman–Crippen MR) is 86.6 cm³/mol. The maximum atomic E-state index is 6.22. The van der Waals surface area contributed by atoms with Crippen molar-refractivity contribution in [3.05, 3.63) is 41.3 Å². The van der Waals surface area contributed by atoms with Gasteiger partial charge in [-0.25, -0.2) is 9.66 Å². The zero-order valence-electron chi connectivity index (χ0n) is 11.8. The lowest BCUT2D eigenvalue weighted by atomic mass is 10.1. The summed E-state index contributed by atoms with van der Waals surface area (Å²) in [6.07, 6.45) is 1.72. The number of nitrogens with two attached hydrogens (primary N) is 2. The number of imidazole rings is 1. The number of anilines is 1. The minimum atomic E-state index is 0.178. The highest BCUT2D eigenvalue weighted by molar-refractivity contribution is 6.35. The average Bonchev–Trinajstić information content (AvgIpc) is 2.77. The van der Waals surface area contributed by atoms with Crippen LogP contribution in [-0.2, 0) is 0 Å². The average molecular weight is 302 g/mol. The first-order valence-electron chi connectivity index (χ1n) is 6.67. The van der Waals surface area contributed by atoms with E-state index in [0.717, 1.165) is 22.3 Å². The fourth-order valence-electron chi connectivity index (χ4n) is 2.40. The lowest BCUT2D eigenvalue weighted by Crippen LogP contribution is -2.16. The molecule has 2 aromatic heterocycles. The molecular formula is C15H16ClN5. The molecular weight excluding hydrogens is 286 g/mol. The largest absolute Gasteiger partial charge is 0.382 e. The Bertz CT molecular complexity index is 822. The molecule has 0 radical (unpaired) electrons. The second kappa shape index (κ2) is 4.93. The van der Waals surface area contributed by atoms with Gasteiger partial charge < -0.3 is 11.6 Å². The second-order valence-electron chi connectivity index (χ2n) is 5.22. The Kier molecular flexibility index (Phi) is 3.22. The van der Waals surface area contributed by atoms with Gasteiger partial charge in [-0.2, -0.15) is 0 Å². The lowest BCUT2D eigenvalue weighted by Gasteiger charge is -2.06. The van der Waals surface area contributed by atoms with E-state index in [2.05, 4.69) is 9.97 Å². The number of aromatic nitrogens is 3. The van der Waals surface area contributed by atoms with E-state index < -0.39 is 0 Å². The lowest BCUT2D eigenvalue weighted by molar-refractivity contribution is 0.739. The molecule has 0 unspecified atom stereocenters. The summed E-state index contributed by atoms with van der Waals surface area (Å²) in [5.41, 5.74) is 8.36. The van der Waals surface area contributed by atoms with Gasteiger partial charge in [0.15, 0.2) is 5.82 Å². The number of hydrogen-bond acceptors (Lipinski definition) is 4. The summed E-state index contributed by atoms with van der Waals surface area (Å²) in [4.78, 5) is 9.00. The van der Waals surface area contributed by atoms with Gasteiger partial charge in [0.25, 0.3) is 0 Å². The van der Waals surface area contributed by atoms with Crippen molar-refractivity contribution >= 4 is 28.3 Å². The Balaban J connectivity index is 2.32. The molecule has 5 nitrogen and oxygen atoms in total. The van der Waals surface area contributed by atoms with E-state index in [1.165, 1.54) is 4.68 Å². The molecule has 0 bridgehead atoms. The number of pyridine rings is 1. The summed E-state index contributed by atoms with van der Waals surface area (Å²) in [5, 5.41) is 1.52. The Morgan fingerprint density at radius 3 is 2.67 bits per heavy atom. The summed E-state index contributed by atoms with van der Waals surface area (Å²) in [5.74, 6) is 7.34. The van der Waals surface area contributed by atoms with E-state index in [-0.39, 0.29) is 5.92 Å². The number of nitrogens with zero attached hydrogens (tertiary/aromatic N) is 3. The van der Waals surface area contributed by atoms with Crippen LogP contribution in [0.25, 0.3) is 22.2 Å². The number of hydrogen-bond donors (Lipinski definition) is 2. The molecule has 0 fully saturated rings. The Hall–Kier alpha value is -2.27. The van der Waals surface area contributed by atoms with Gasteiger partial charge in [0, 0.05) is 23.1 Å². The molecule has 0 saturated heterocycles. The molecule has 6 heteroatoms. The van der Waals surface area contributed by atoms with Crippen LogP contribution in [0.15, 0.2) is 30.5 Å². The second-order valence-corrected chi connectivity index (χ2v) is 5.63. The third-order valence-electron chi connectivity index (χ3n) is 3.46. The van der Waals surface area contributed by atoms with Crippen molar-refractivity contribution in [2.24, 2.45) is 0 Å². The van der Waals surface area contributed by atoms with Gasteiger partial charge >= 0.3 is 0 Å². The van der Waals surface area contributed by atoms with E-state index in [4.69, 9.17) is 23.2 Å². The molecule has 0 saturated carbocycles. The minimum absolute atomic E-state index is 0.178. The molecule has 0 atom stereocenters. The van der Waals surface area contributed by atoms with Crippen molar-refractivity contribution in [3.8, 4) is 11.3 Å². The van der Waals surface area contributed by atoms with E-state index >= 15 is 0 Å². The topological polar surface area (TPSA) is 82.8 Å². The Labute approximate surface area is 127 Å². The van der Waals surface area contributed by atoms with Gasteiger partial charge in [0.05, 0.1) is 10.5 Å². The van der Waals surface area contributed by atoms with Crippen LogP contribution >= 0.6 is 11.6 Å². The molecule has 21 heavy (non-hydrogen) atoms. The third kappa shape index (κ3) is 2.10. The molecule has 0 aliphatic carbocycles. The van der Waals surface area contributed by atoms with E-state index in [0.29, 0.717) is 16.5 Å². The molecule has 3 rings (SSSR count). The maximum Gasteiger partial charge on any atom is 0.150 e. The molecule has 4 N–H and O–H groups in total. The number of benzene rings is 1. The monoisotopic (exact) mass is 301 g/mol. The van der Waals surface area contributed by atoms with Crippen LogP contribution in [0.1, 0.15) is 25.6 Å². The van der Waals surface area contributed by atoms with Gasteiger partial charge in [0.2, 0.25) is 0 Å². The van der Waals surface area contributed by atoms with Crippen LogP contribution < -0.4 is 11.6 Å². The zero-order chi connectivity index (χ0) is 15.1. The normalized spacial score (nSPS) is 11.4. The highest BCUT2D eigenvalue weighted by Crippen LogP contribution is 2.34. The number of nitrogen functional groups attached to an aromatic ring is 2. The molecule has 3 aromatic rings. The fourth-order valence-corrected chi connectivity index (χ4v) is 2.61. The van der Waals surface area contributed by atoms with E-state index in [1.54, 1.807) is 6.20 Å². The molecule has 108 valence electrons. The van der Waals surface area contributed by atoms with Crippen molar-refractivity contribution < 1.29 is 0 Å². The molecule has 0 aliphatic rings. The van der Waals surface area contributed by atoms with Gasteiger partial charge in [-0.1, -0.05) is 25.4 Å².